The first-order chi connectivity index (χ1) is 27.0. The minimum Gasteiger partial charge on any atom is -0.507 e. The Morgan fingerprint density at radius 3 is 1.51 bits per heavy atom. The van der Waals surface area contributed by atoms with E-state index in [1.54, 1.807) is 38.1 Å². The van der Waals surface area contributed by atoms with Crippen LogP contribution < -0.4 is 25.5 Å². The zero-order chi connectivity index (χ0) is 41.1. The molecule has 2 aromatic heterocycles. The number of benzene rings is 2. The largest absolute Gasteiger partial charge is 0.509 e. The van der Waals surface area contributed by atoms with Gasteiger partial charge >= 0.3 is 23.6 Å². The minimum atomic E-state index is -0.891. The van der Waals surface area contributed by atoms with Gasteiger partial charge in [-0.25, -0.2) is 19.2 Å². The van der Waals surface area contributed by atoms with Crippen LogP contribution in [0.3, 0.4) is 0 Å². The molecule has 4 aliphatic rings. The molecule has 8 rings (SSSR count). The fourth-order valence-corrected chi connectivity index (χ4v) is 7.84. The maximum Gasteiger partial charge on any atom is 0.509 e. The molecule has 0 amide bonds. The number of carbonyl (C=O) groups excluding carboxylic acids is 2. The first-order valence-corrected chi connectivity index (χ1v) is 18.8. The third kappa shape index (κ3) is 6.98. The van der Waals surface area contributed by atoms with Gasteiger partial charge in [0, 0.05) is 23.0 Å². The van der Waals surface area contributed by atoms with Crippen LogP contribution in [0.2, 0.25) is 0 Å². The van der Waals surface area contributed by atoms with Crippen LogP contribution in [0.15, 0.2) is 54.8 Å². The van der Waals surface area contributed by atoms with Crippen LogP contribution in [0.1, 0.15) is 65.5 Å². The van der Waals surface area contributed by atoms with E-state index in [4.69, 9.17) is 51.5 Å². The highest BCUT2D eigenvalue weighted by molar-refractivity contribution is 5.88. The van der Waals surface area contributed by atoms with Crippen LogP contribution in [-0.4, -0.2) is 72.7 Å². The molecular weight excluding hydrogens is 748 g/mol. The van der Waals surface area contributed by atoms with E-state index in [0.717, 1.165) is 6.07 Å². The van der Waals surface area contributed by atoms with Crippen molar-refractivity contribution in [3.8, 4) is 23.0 Å². The van der Waals surface area contributed by atoms with E-state index in [1.807, 2.05) is 41.5 Å². The number of hydrogen-bond acceptors (Lipinski definition) is 16. The summed E-state index contributed by atoms with van der Waals surface area (Å²) in [7, 11) is 1.49. The second-order valence-electron chi connectivity index (χ2n) is 15.2. The van der Waals surface area contributed by atoms with Crippen molar-refractivity contribution in [1.82, 2.24) is 0 Å². The highest BCUT2D eigenvalue weighted by Gasteiger charge is 2.59. The van der Waals surface area contributed by atoms with E-state index < -0.39 is 71.8 Å². The van der Waals surface area contributed by atoms with Crippen LogP contribution in [0.4, 0.5) is 9.59 Å². The van der Waals surface area contributed by atoms with Gasteiger partial charge in [0.15, 0.2) is 12.2 Å². The predicted molar refractivity (Wildman–Crippen MR) is 200 cm³/mol. The van der Waals surface area contributed by atoms with Crippen molar-refractivity contribution in [1.29, 1.82) is 0 Å². The summed E-state index contributed by atoms with van der Waals surface area (Å²) in [6.45, 7) is 15.3. The van der Waals surface area contributed by atoms with Crippen LogP contribution >= 0.6 is 0 Å². The molecule has 0 spiro atoms. The average molecular weight is 795 g/mol. The Morgan fingerprint density at radius 1 is 0.632 bits per heavy atom. The first kappa shape index (κ1) is 39.7. The van der Waals surface area contributed by atoms with Crippen molar-refractivity contribution >= 4 is 34.2 Å². The fourth-order valence-electron chi connectivity index (χ4n) is 7.84. The number of rotatable bonds is 7. The quantitative estimate of drug-likeness (QED) is 0.151. The van der Waals surface area contributed by atoms with E-state index in [2.05, 4.69) is 0 Å². The standard InChI is InChI=1S/C21H24O8.C20H22O8/c1-6-21(4)11(3)17-18(28-20(23)27-17)19(29-21)25-13-8-7-12-14(24-5)9-15(22)26-16(12)10(13)2;1-5-20(4)10(3)16-17(27-19(23)26-16)18(28-20)24-13-7-6-11-12(21)8-14(22)25-15(11)9(13)2/h7-9,11,17-19H,6H2,1-5H3;6-8,10,16-18,21H,5H2,1-4H3/t11-,17-,18-,19?,21+;10-,16-,17-,18?,20+/m11/s1. The maximum absolute atomic E-state index is 11.9. The maximum atomic E-state index is 11.9. The van der Waals surface area contributed by atoms with Gasteiger partial charge in [-0.05, 0) is 64.8 Å². The van der Waals surface area contributed by atoms with Crippen molar-refractivity contribution in [2.75, 3.05) is 7.11 Å². The SMILES string of the molecule is CC[C@]1(C)OC(Oc2ccc3c(O)cc(=O)oc3c2C)[C@@H]2OC(=O)O[C@@H]2[C@H]1C.CC[C@]1(C)OC(Oc2ccc3c(OC)cc(=O)oc3c2C)[C@@H]2OC(=O)O[C@@H]2[C@H]1C. The minimum absolute atomic E-state index is 0.0659. The van der Waals surface area contributed by atoms with E-state index in [9.17, 15) is 24.3 Å². The Bertz CT molecular complexity index is 2330. The molecule has 0 saturated carbocycles. The molecule has 0 aliphatic carbocycles. The van der Waals surface area contributed by atoms with Crippen LogP contribution in [0.5, 0.6) is 23.0 Å². The molecule has 57 heavy (non-hydrogen) atoms. The van der Waals surface area contributed by atoms with Gasteiger partial charge in [-0.1, -0.05) is 27.7 Å². The van der Waals surface area contributed by atoms with Gasteiger partial charge in [-0.3, -0.25) is 0 Å². The van der Waals surface area contributed by atoms with Gasteiger partial charge in [0.05, 0.1) is 41.2 Å². The second kappa shape index (κ2) is 14.8. The van der Waals surface area contributed by atoms with Crippen molar-refractivity contribution in [3.63, 3.8) is 0 Å². The van der Waals surface area contributed by atoms with Crippen molar-refractivity contribution in [3.05, 3.63) is 68.4 Å². The molecule has 1 N–H and O–H groups in total. The first-order valence-electron chi connectivity index (χ1n) is 18.8. The van der Waals surface area contributed by atoms with Gasteiger partial charge in [0.25, 0.3) is 0 Å². The number of aryl methyl sites for hydroxylation is 2. The van der Waals surface area contributed by atoms with Crippen molar-refractivity contribution < 1.29 is 66.2 Å². The Balaban J connectivity index is 0.000000174. The van der Waals surface area contributed by atoms with E-state index in [1.165, 1.54) is 13.2 Å². The topological polar surface area (TPSA) is 198 Å². The van der Waals surface area contributed by atoms with Gasteiger partial charge in [-0.2, -0.15) is 0 Å². The molecule has 0 radical (unpaired) electrons. The van der Waals surface area contributed by atoms with Crippen LogP contribution in [-0.2, 0) is 28.4 Å². The molecule has 16 nitrogen and oxygen atoms in total. The molecule has 4 saturated heterocycles. The van der Waals surface area contributed by atoms with Crippen LogP contribution in [0, 0.1) is 25.7 Å². The van der Waals surface area contributed by atoms with Crippen molar-refractivity contribution in [2.24, 2.45) is 11.8 Å². The molecule has 2 unspecified atom stereocenters. The molecule has 4 fully saturated rings. The summed E-state index contributed by atoms with van der Waals surface area (Å²) in [6, 6.07) is 9.04. The number of hydrogen-bond donors (Lipinski definition) is 1. The van der Waals surface area contributed by atoms with Gasteiger partial charge < -0.3 is 56.6 Å². The molecule has 16 heteroatoms. The summed E-state index contributed by atoms with van der Waals surface area (Å²) < 4.78 is 61.9. The lowest BCUT2D eigenvalue weighted by Gasteiger charge is -2.46. The lowest BCUT2D eigenvalue weighted by Crippen LogP contribution is -2.59. The van der Waals surface area contributed by atoms with Gasteiger partial charge in [-0.15, -0.1) is 0 Å². The summed E-state index contributed by atoms with van der Waals surface area (Å²) in [5.41, 5.74) is -0.589. The zero-order valence-electron chi connectivity index (χ0n) is 33.1. The number of carbonyl (C=O) groups is 2. The second-order valence-corrected chi connectivity index (χ2v) is 15.2. The number of methoxy groups -OCH3 is 1. The molecule has 6 heterocycles. The summed E-state index contributed by atoms with van der Waals surface area (Å²) >= 11 is 0. The normalized spacial score (nSPS) is 31.5. The zero-order valence-corrected chi connectivity index (χ0v) is 33.1. The molecule has 10 atom stereocenters. The monoisotopic (exact) mass is 794 g/mol. The van der Waals surface area contributed by atoms with E-state index >= 15 is 0 Å². The Labute approximate surface area is 326 Å². The van der Waals surface area contributed by atoms with E-state index in [-0.39, 0.29) is 23.2 Å². The van der Waals surface area contributed by atoms with Crippen molar-refractivity contribution in [2.45, 2.75) is 116 Å². The number of ether oxygens (including phenoxy) is 9. The molecule has 4 aliphatic heterocycles. The Hall–Kier alpha value is -5.48. The molecule has 0 bridgehead atoms. The molecular formula is C41H46O16. The molecule has 4 aromatic rings. The smallest absolute Gasteiger partial charge is 0.507 e. The summed E-state index contributed by atoms with van der Waals surface area (Å²) in [5.74, 6) is 0.950. The lowest BCUT2D eigenvalue weighted by molar-refractivity contribution is -0.267. The van der Waals surface area contributed by atoms with Gasteiger partial charge in [0.2, 0.25) is 24.8 Å². The summed E-state index contributed by atoms with van der Waals surface area (Å²) in [6.07, 6.45) is -4.19. The predicted octanol–water partition coefficient (Wildman–Crippen LogP) is 6.80. The number of aromatic hydroxyl groups is 1. The lowest BCUT2D eigenvalue weighted by atomic mass is 9.79. The Morgan fingerprint density at radius 2 is 1.05 bits per heavy atom. The van der Waals surface area contributed by atoms with Gasteiger partial charge in [0.1, 0.15) is 34.2 Å². The number of fused-ring (bicyclic) bond motifs is 4. The Kier molecular flexibility index (Phi) is 10.3. The highest BCUT2D eigenvalue weighted by atomic mass is 16.8. The molecule has 306 valence electrons. The van der Waals surface area contributed by atoms with E-state index in [0.29, 0.717) is 57.6 Å². The highest BCUT2D eigenvalue weighted by Crippen LogP contribution is 2.45. The summed E-state index contributed by atoms with van der Waals surface area (Å²) in [4.78, 5) is 47.0. The third-order valence-electron chi connectivity index (χ3n) is 12.1. The van der Waals surface area contributed by atoms with Crippen LogP contribution in [0.25, 0.3) is 21.9 Å². The fraction of sp³-hybridized carbons (Fsp3) is 0.512. The summed E-state index contributed by atoms with van der Waals surface area (Å²) in [5, 5.41) is 11.0. The molecule has 2 aromatic carbocycles. The average Bonchev–Trinajstić information content (AvgIpc) is 3.78. The third-order valence-corrected chi connectivity index (χ3v) is 12.1.